The first-order chi connectivity index (χ1) is 7.09. The Morgan fingerprint density at radius 3 is 2.80 bits per heavy atom. The Kier molecular flexibility index (Phi) is 4.52. The zero-order chi connectivity index (χ0) is 11.3. The summed E-state index contributed by atoms with van der Waals surface area (Å²) in [5.41, 5.74) is 2.71. The standard InChI is InChI=1S/C11H15NO2S/c1-8(2)14-12-7-6-10-4-5-11(15-10)9(3)13/h4-8,12H,1-3H3. The van der Waals surface area contributed by atoms with E-state index in [-0.39, 0.29) is 11.9 Å². The molecule has 0 saturated carbocycles. The summed E-state index contributed by atoms with van der Waals surface area (Å²) in [5.74, 6) is 0.103. The maximum absolute atomic E-state index is 11.0. The molecule has 3 nitrogen and oxygen atoms in total. The van der Waals surface area contributed by atoms with Crippen molar-refractivity contribution < 1.29 is 9.63 Å². The smallest absolute Gasteiger partial charge is 0.169 e. The quantitative estimate of drug-likeness (QED) is 0.618. The van der Waals surface area contributed by atoms with Crippen LogP contribution in [0.5, 0.6) is 0 Å². The summed E-state index contributed by atoms with van der Waals surface area (Å²) in [5, 5.41) is 0. The number of ketones is 1. The molecule has 0 aliphatic rings. The van der Waals surface area contributed by atoms with Crippen LogP contribution in [0, 0.1) is 0 Å². The average molecular weight is 225 g/mol. The van der Waals surface area contributed by atoms with Gasteiger partial charge in [0.15, 0.2) is 5.78 Å². The summed E-state index contributed by atoms with van der Waals surface area (Å²) >= 11 is 1.47. The van der Waals surface area contributed by atoms with Gasteiger partial charge in [-0.25, -0.2) is 0 Å². The Hall–Kier alpha value is -1.13. The molecule has 0 amide bonds. The van der Waals surface area contributed by atoms with Crippen molar-refractivity contribution in [3.63, 3.8) is 0 Å². The third kappa shape index (κ3) is 4.27. The second-order valence-corrected chi connectivity index (χ2v) is 4.49. The van der Waals surface area contributed by atoms with Gasteiger partial charge >= 0.3 is 0 Å². The first kappa shape index (κ1) is 11.9. The van der Waals surface area contributed by atoms with Gasteiger partial charge in [0.05, 0.1) is 11.0 Å². The Labute approximate surface area is 93.7 Å². The van der Waals surface area contributed by atoms with E-state index in [9.17, 15) is 4.79 Å². The van der Waals surface area contributed by atoms with Crippen LogP contribution in [0.4, 0.5) is 0 Å². The van der Waals surface area contributed by atoms with Gasteiger partial charge in [-0.2, -0.15) is 0 Å². The number of hydroxylamine groups is 1. The molecule has 0 aliphatic carbocycles. The Balaban J connectivity index is 2.46. The van der Waals surface area contributed by atoms with Crippen molar-refractivity contribution in [3.8, 4) is 0 Å². The number of Topliss-reactive ketones (excluding diaryl/α,β-unsaturated/α-hetero) is 1. The number of carbonyl (C=O) groups excluding carboxylic acids is 1. The Bertz CT molecular complexity index is 355. The molecule has 1 rings (SSSR count). The molecule has 0 atom stereocenters. The average Bonchev–Trinajstić information content (AvgIpc) is 2.60. The molecule has 82 valence electrons. The van der Waals surface area contributed by atoms with Gasteiger partial charge in [-0.3, -0.25) is 15.1 Å². The van der Waals surface area contributed by atoms with Crippen LogP contribution in [0.1, 0.15) is 35.3 Å². The minimum atomic E-state index is 0.103. The summed E-state index contributed by atoms with van der Waals surface area (Å²) in [6.45, 7) is 5.46. The molecule has 1 aromatic rings. The van der Waals surface area contributed by atoms with Crippen LogP contribution >= 0.6 is 11.3 Å². The summed E-state index contributed by atoms with van der Waals surface area (Å²) in [4.78, 5) is 17.9. The number of nitrogens with one attached hydrogen (secondary N) is 1. The third-order valence-electron chi connectivity index (χ3n) is 1.59. The van der Waals surface area contributed by atoms with Gasteiger partial charge in [-0.1, -0.05) is 0 Å². The summed E-state index contributed by atoms with van der Waals surface area (Å²) in [6.07, 6.45) is 3.74. The highest BCUT2D eigenvalue weighted by molar-refractivity contribution is 7.14. The molecular formula is C11H15NO2S. The zero-order valence-corrected chi connectivity index (χ0v) is 9.93. The lowest BCUT2D eigenvalue weighted by molar-refractivity contribution is 0.0216. The van der Waals surface area contributed by atoms with E-state index in [1.54, 1.807) is 13.1 Å². The van der Waals surface area contributed by atoms with E-state index < -0.39 is 0 Å². The molecule has 0 unspecified atom stereocenters. The van der Waals surface area contributed by atoms with Gasteiger partial charge in [-0.15, -0.1) is 11.3 Å². The van der Waals surface area contributed by atoms with Crippen LogP contribution in [0.15, 0.2) is 18.3 Å². The number of hydrogen-bond acceptors (Lipinski definition) is 4. The van der Waals surface area contributed by atoms with Crippen molar-refractivity contribution in [2.75, 3.05) is 0 Å². The van der Waals surface area contributed by atoms with Gasteiger partial charge < -0.3 is 0 Å². The molecule has 0 radical (unpaired) electrons. The van der Waals surface area contributed by atoms with Gasteiger partial charge in [0.1, 0.15) is 0 Å². The van der Waals surface area contributed by atoms with E-state index >= 15 is 0 Å². The predicted molar refractivity (Wildman–Crippen MR) is 62.7 cm³/mol. The fourth-order valence-electron chi connectivity index (χ4n) is 0.923. The van der Waals surface area contributed by atoms with Crippen LogP contribution in [-0.2, 0) is 4.84 Å². The van der Waals surface area contributed by atoms with E-state index in [1.807, 2.05) is 32.1 Å². The lowest BCUT2D eigenvalue weighted by Crippen LogP contribution is -2.12. The van der Waals surface area contributed by atoms with Crippen molar-refractivity contribution in [1.29, 1.82) is 0 Å². The Morgan fingerprint density at radius 1 is 1.53 bits per heavy atom. The summed E-state index contributed by atoms with van der Waals surface area (Å²) < 4.78 is 0. The molecule has 0 bridgehead atoms. The van der Waals surface area contributed by atoms with Crippen LogP contribution in [0.3, 0.4) is 0 Å². The van der Waals surface area contributed by atoms with Crippen LogP contribution in [0.25, 0.3) is 6.08 Å². The molecule has 15 heavy (non-hydrogen) atoms. The largest absolute Gasteiger partial charge is 0.294 e. The molecule has 0 fully saturated rings. The number of rotatable bonds is 5. The molecule has 1 N–H and O–H groups in total. The van der Waals surface area contributed by atoms with Gasteiger partial charge in [0, 0.05) is 11.1 Å². The van der Waals surface area contributed by atoms with E-state index in [0.717, 1.165) is 9.75 Å². The topological polar surface area (TPSA) is 38.3 Å². The zero-order valence-electron chi connectivity index (χ0n) is 9.11. The summed E-state index contributed by atoms with van der Waals surface area (Å²) in [7, 11) is 0. The molecule has 0 aromatic carbocycles. The minimum absolute atomic E-state index is 0.103. The number of thiophene rings is 1. The lowest BCUT2D eigenvalue weighted by Gasteiger charge is -2.03. The van der Waals surface area contributed by atoms with Gasteiger partial charge in [-0.05, 0) is 39.0 Å². The third-order valence-corrected chi connectivity index (χ3v) is 2.74. The van der Waals surface area contributed by atoms with E-state index in [2.05, 4.69) is 5.48 Å². The van der Waals surface area contributed by atoms with Crippen molar-refractivity contribution in [2.24, 2.45) is 0 Å². The lowest BCUT2D eigenvalue weighted by atomic mass is 10.3. The Morgan fingerprint density at radius 2 is 2.27 bits per heavy atom. The van der Waals surface area contributed by atoms with Crippen LogP contribution in [-0.4, -0.2) is 11.9 Å². The van der Waals surface area contributed by atoms with Crippen LogP contribution < -0.4 is 5.48 Å². The maximum Gasteiger partial charge on any atom is 0.169 e. The molecule has 0 saturated heterocycles. The van der Waals surface area contributed by atoms with Crippen LogP contribution in [0.2, 0.25) is 0 Å². The SMILES string of the molecule is CC(=O)c1ccc(C=CNOC(C)C)s1. The second-order valence-electron chi connectivity index (χ2n) is 3.38. The van der Waals surface area contributed by atoms with Crippen molar-refractivity contribution in [2.45, 2.75) is 26.9 Å². The molecule has 4 heteroatoms. The first-order valence-electron chi connectivity index (χ1n) is 4.78. The number of hydrogen-bond donors (Lipinski definition) is 1. The van der Waals surface area contributed by atoms with Gasteiger partial charge in [0.25, 0.3) is 0 Å². The molecule has 1 heterocycles. The van der Waals surface area contributed by atoms with Crippen molar-refractivity contribution in [1.82, 2.24) is 5.48 Å². The number of carbonyl (C=O) groups is 1. The maximum atomic E-state index is 11.0. The fraction of sp³-hybridized carbons (Fsp3) is 0.364. The van der Waals surface area contributed by atoms with Gasteiger partial charge in [0.2, 0.25) is 0 Å². The second kappa shape index (κ2) is 5.68. The molecule has 0 spiro atoms. The monoisotopic (exact) mass is 225 g/mol. The highest BCUT2D eigenvalue weighted by Gasteiger charge is 2.01. The van der Waals surface area contributed by atoms with E-state index in [4.69, 9.17) is 4.84 Å². The fourth-order valence-corrected chi connectivity index (χ4v) is 1.73. The molecular weight excluding hydrogens is 210 g/mol. The normalized spacial score (nSPS) is 11.2. The van der Waals surface area contributed by atoms with Crippen molar-refractivity contribution in [3.05, 3.63) is 28.1 Å². The highest BCUT2D eigenvalue weighted by atomic mass is 32.1. The molecule has 0 aliphatic heterocycles. The molecule has 1 aromatic heterocycles. The van der Waals surface area contributed by atoms with Crippen molar-refractivity contribution >= 4 is 23.2 Å². The highest BCUT2D eigenvalue weighted by Crippen LogP contribution is 2.17. The summed E-state index contributed by atoms with van der Waals surface area (Å²) in [6, 6.07) is 3.74. The first-order valence-corrected chi connectivity index (χ1v) is 5.59. The minimum Gasteiger partial charge on any atom is -0.294 e. The van der Waals surface area contributed by atoms with E-state index in [1.165, 1.54) is 11.3 Å². The van der Waals surface area contributed by atoms with E-state index in [0.29, 0.717) is 0 Å². The predicted octanol–water partition coefficient (Wildman–Crippen LogP) is 2.85.